The van der Waals surface area contributed by atoms with Crippen LogP contribution < -0.4 is 0 Å². The molecule has 0 spiro atoms. The second-order valence-corrected chi connectivity index (χ2v) is 4.98. The molecule has 102 valence electrons. The fraction of sp³-hybridized carbons (Fsp3) is 0.467. The maximum atomic E-state index is 10.1. The topological polar surface area (TPSA) is 50.9 Å². The van der Waals surface area contributed by atoms with Crippen LogP contribution in [0.15, 0.2) is 12.3 Å². The summed E-state index contributed by atoms with van der Waals surface area (Å²) in [7, 11) is 0. The standard InChI is InChI=1S/C15H21N3O/c1-5-6-7-13-8-14(19)18(9-13)15-12(4)16-10(2)11(3)17-15/h8-9,19H,5-7H2,1-4H3. The first-order valence-corrected chi connectivity index (χ1v) is 6.75. The third kappa shape index (κ3) is 2.78. The van der Waals surface area contributed by atoms with E-state index in [0.717, 1.165) is 41.9 Å². The molecule has 0 aliphatic carbocycles. The average Bonchev–Trinajstić information content (AvgIpc) is 2.72. The summed E-state index contributed by atoms with van der Waals surface area (Å²) in [5.41, 5.74) is 3.79. The maximum absolute atomic E-state index is 10.1. The molecule has 1 N–H and O–H groups in total. The molecule has 4 nitrogen and oxygen atoms in total. The molecular weight excluding hydrogens is 238 g/mol. The van der Waals surface area contributed by atoms with E-state index >= 15 is 0 Å². The molecule has 4 heteroatoms. The van der Waals surface area contributed by atoms with Crippen molar-refractivity contribution in [3.8, 4) is 11.7 Å². The Kier molecular flexibility index (Phi) is 3.88. The molecular formula is C15H21N3O. The minimum absolute atomic E-state index is 0.228. The van der Waals surface area contributed by atoms with E-state index in [4.69, 9.17) is 0 Å². The summed E-state index contributed by atoms with van der Waals surface area (Å²) in [6.45, 7) is 7.96. The molecule has 0 unspecified atom stereocenters. The lowest BCUT2D eigenvalue weighted by Gasteiger charge is -2.09. The van der Waals surface area contributed by atoms with Gasteiger partial charge in [0.15, 0.2) is 11.7 Å². The van der Waals surface area contributed by atoms with E-state index in [1.54, 1.807) is 4.57 Å². The largest absolute Gasteiger partial charge is 0.494 e. The van der Waals surface area contributed by atoms with Crippen molar-refractivity contribution in [2.75, 3.05) is 0 Å². The highest BCUT2D eigenvalue weighted by Crippen LogP contribution is 2.23. The maximum Gasteiger partial charge on any atom is 0.197 e. The van der Waals surface area contributed by atoms with E-state index in [-0.39, 0.29) is 5.88 Å². The summed E-state index contributed by atoms with van der Waals surface area (Å²) in [4.78, 5) is 9.00. The van der Waals surface area contributed by atoms with Gasteiger partial charge in [-0.1, -0.05) is 13.3 Å². The van der Waals surface area contributed by atoms with Crippen LogP contribution >= 0.6 is 0 Å². The first-order valence-electron chi connectivity index (χ1n) is 6.75. The Labute approximate surface area is 114 Å². The summed E-state index contributed by atoms with van der Waals surface area (Å²) < 4.78 is 1.72. The molecule has 0 aromatic carbocycles. The summed E-state index contributed by atoms with van der Waals surface area (Å²) in [5.74, 6) is 0.940. The molecule has 2 aromatic rings. The van der Waals surface area contributed by atoms with Gasteiger partial charge in [-0.25, -0.2) is 4.98 Å². The number of hydrogen-bond acceptors (Lipinski definition) is 3. The zero-order valence-electron chi connectivity index (χ0n) is 12.1. The minimum atomic E-state index is 0.228. The van der Waals surface area contributed by atoms with E-state index in [2.05, 4.69) is 16.9 Å². The van der Waals surface area contributed by atoms with Crippen molar-refractivity contribution >= 4 is 0 Å². The van der Waals surface area contributed by atoms with Gasteiger partial charge < -0.3 is 5.11 Å². The molecule has 2 rings (SSSR count). The van der Waals surface area contributed by atoms with Gasteiger partial charge >= 0.3 is 0 Å². The van der Waals surface area contributed by atoms with Crippen LogP contribution in [-0.2, 0) is 6.42 Å². The van der Waals surface area contributed by atoms with E-state index in [9.17, 15) is 5.11 Å². The van der Waals surface area contributed by atoms with Crippen LogP contribution in [0.1, 0.15) is 42.4 Å². The van der Waals surface area contributed by atoms with Gasteiger partial charge in [-0.05, 0) is 39.2 Å². The third-order valence-electron chi connectivity index (χ3n) is 3.36. The van der Waals surface area contributed by atoms with Crippen LogP contribution in [0.25, 0.3) is 5.82 Å². The highest BCUT2D eigenvalue weighted by Gasteiger charge is 2.12. The van der Waals surface area contributed by atoms with E-state index < -0.39 is 0 Å². The van der Waals surface area contributed by atoms with Gasteiger partial charge in [-0.15, -0.1) is 0 Å². The normalized spacial score (nSPS) is 10.9. The molecule has 0 amide bonds. The first-order chi connectivity index (χ1) is 9.02. The quantitative estimate of drug-likeness (QED) is 0.917. The lowest BCUT2D eigenvalue weighted by molar-refractivity contribution is 0.441. The predicted molar refractivity (Wildman–Crippen MR) is 75.8 cm³/mol. The van der Waals surface area contributed by atoms with Crippen molar-refractivity contribution in [1.82, 2.24) is 14.5 Å². The third-order valence-corrected chi connectivity index (χ3v) is 3.36. The van der Waals surface area contributed by atoms with Gasteiger partial charge in [0.25, 0.3) is 0 Å². The molecule has 0 atom stereocenters. The van der Waals surface area contributed by atoms with Crippen LogP contribution in [-0.4, -0.2) is 19.6 Å². The van der Waals surface area contributed by atoms with Crippen LogP contribution in [0.5, 0.6) is 5.88 Å². The highest BCUT2D eigenvalue weighted by molar-refractivity contribution is 5.38. The van der Waals surface area contributed by atoms with Crippen LogP contribution in [0.2, 0.25) is 0 Å². The Balaban J connectivity index is 2.41. The Morgan fingerprint density at radius 1 is 1.11 bits per heavy atom. The molecule has 0 aliphatic heterocycles. The zero-order valence-corrected chi connectivity index (χ0v) is 12.1. The van der Waals surface area contributed by atoms with Crippen molar-refractivity contribution in [3.63, 3.8) is 0 Å². The number of nitrogens with zero attached hydrogens (tertiary/aromatic N) is 3. The Morgan fingerprint density at radius 3 is 2.47 bits per heavy atom. The molecule has 2 heterocycles. The Hall–Kier alpha value is -1.84. The SMILES string of the molecule is CCCCc1cc(O)n(-c2nc(C)c(C)nc2C)c1. The van der Waals surface area contributed by atoms with Crippen molar-refractivity contribution in [2.45, 2.75) is 47.0 Å². The first kappa shape index (κ1) is 13.6. The molecule has 19 heavy (non-hydrogen) atoms. The smallest absolute Gasteiger partial charge is 0.197 e. The second kappa shape index (κ2) is 5.43. The number of rotatable bonds is 4. The van der Waals surface area contributed by atoms with Crippen LogP contribution in [0, 0.1) is 20.8 Å². The van der Waals surface area contributed by atoms with Crippen molar-refractivity contribution in [1.29, 1.82) is 0 Å². The molecule has 0 fully saturated rings. The lowest BCUT2D eigenvalue weighted by Crippen LogP contribution is -2.05. The van der Waals surface area contributed by atoms with Gasteiger partial charge in [-0.2, -0.15) is 0 Å². The summed E-state index contributed by atoms with van der Waals surface area (Å²) in [6.07, 6.45) is 5.21. The van der Waals surface area contributed by atoms with E-state index in [1.165, 1.54) is 0 Å². The van der Waals surface area contributed by atoms with Gasteiger partial charge in [0.05, 0.1) is 17.1 Å². The van der Waals surface area contributed by atoms with E-state index in [0.29, 0.717) is 5.82 Å². The van der Waals surface area contributed by atoms with Gasteiger partial charge in [0, 0.05) is 12.3 Å². The number of unbranched alkanes of at least 4 members (excludes halogenated alkanes) is 1. The van der Waals surface area contributed by atoms with Gasteiger partial charge in [-0.3, -0.25) is 9.55 Å². The fourth-order valence-corrected chi connectivity index (χ4v) is 2.12. The van der Waals surface area contributed by atoms with Crippen LogP contribution in [0.4, 0.5) is 0 Å². The summed E-state index contributed by atoms with van der Waals surface area (Å²) in [6, 6.07) is 1.81. The molecule has 0 saturated heterocycles. The lowest BCUT2D eigenvalue weighted by atomic mass is 10.1. The molecule has 2 aromatic heterocycles. The number of aromatic hydroxyl groups is 1. The second-order valence-electron chi connectivity index (χ2n) is 4.98. The summed E-state index contributed by atoms with van der Waals surface area (Å²) in [5, 5.41) is 10.1. The van der Waals surface area contributed by atoms with Crippen LogP contribution in [0.3, 0.4) is 0 Å². The van der Waals surface area contributed by atoms with Crippen molar-refractivity contribution in [3.05, 3.63) is 34.9 Å². The zero-order chi connectivity index (χ0) is 14.0. The van der Waals surface area contributed by atoms with Gasteiger partial charge in [0.1, 0.15) is 0 Å². The van der Waals surface area contributed by atoms with Crippen molar-refractivity contribution < 1.29 is 5.11 Å². The molecule has 0 saturated carbocycles. The Bertz CT molecular complexity index is 587. The van der Waals surface area contributed by atoms with E-state index in [1.807, 2.05) is 33.0 Å². The number of aryl methyl sites for hydroxylation is 4. The molecule has 0 radical (unpaired) electrons. The molecule has 0 aliphatic rings. The minimum Gasteiger partial charge on any atom is -0.494 e. The predicted octanol–water partition coefficient (Wildman–Crippen LogP) is 3.24. The van der Waals surface area contributed by atoms with Gasteiger partial charge in [0.2, 0.25) is 0 Å². The fourth-order valence-electron chi connectivity index (χ4n) is 2.12. The van der Waals surface area contributed by atoms with Crippen molar-refractivity contribution in [2.24, 2.45) is 0 Å². The average molecular weight is 259 g/mol. The monoisotopic (exact) mass is 259 g/mol. The number of hydrogen-bond donors (Lipinski definition) is 1. The number of aromatic nitrogens is 3. The summed E-state index contributed by atoms with van der Waals surface area (Å²) >= 11 is 0. The highest BCUT2D eigenvalue weighted by atomic mass is 16.3. The Morgan fingerprint density at radius 2 is 1.79 bits per heavy atom. The molecule has 0 bridgehead atoms.